The number of likely N-dealkylation sites (N-methyl/N-ethyl adjacent to an activating group) is 2. The van der Waals surface area contributed by atoms with Crippen molar-refractivity contribution in [2.45, 2.75) is 24.5 Å². The Balaban J connectivity index is 2.78. The van der Waals surface area contributed by atoms with E-state index in [4.69, 9.17) is 4.74 Å². The molecule has 0 radical (unpaired) electrons. The Morgan fingerprint density at radius 1 is 1.21 bits per heavy atom. The third-order valence-electron chi connectivity index (χ3n) is 3.64. The maximum Gasteiger partial charge on any atom is 0.310 e. The summed E-state index contributed by atoms with van der Waals surface area (Å²) in [4.78, 5) is 13.6. The summed E-state index contributed by atoms with van der Waals surface area (Å²) in [5, 5.41) is -0.632. The minimum atomic E-state index is -3.43. The summed E-state index contributed by atoms with van der Waals surface area (Å²) >= 11 is 0. The number of rotatable bonds is 6. The van der Waals surface area contributed by atoms with E-state index in [1.54, 1.807) is 7.05 Å². The molecule has 6 nitrogen and oxygen atoms in total. The first-order valence-corrected chi connectivity index (χ1v) is 7.98. The van der Waals surface area contributed by atoms with Crippen LogP contribution in [0.1, 0.15) is 19.3 Å². The summed E-state index contributed by atoms with van der Waals surface area (Å²) in [7, 11) is 3.24. The topological polar surface area (TPSA) is 66.9 Å². The van der Waals surface area contributed by atoms with E-state index in [0.717, 1.165) is 6.42 Å². The second-order valence-electron chi connectivity index (χ2n) is 5.27. The predicted octanol–water partition coefficient (Wildman–Crippen LogP) is 0.151. The van der Waals surface area contributed by atoms with Gasteiger partial charge in [-0.2, -0.15) is 0 Å². The molecule has 1 saturated carbocycles. The molecule has 0 aromatic rings. The maximum absolute atomic E-state index is 12.5. The highest BCUT2D eigenvalue weighted by atomic mass is 32.2. The van der Waals surface area contributed by atoms with Crippen LogP contribution in [-0.2, 0) is 19.6 Å². The van der Waals surface area contributed by atoms with E-state index < -0.39 is 27.2 Å². The molecule has 1 aliphatic rings. The Bertz CT molecular complexity index is 408. The number of sulfonamides is 1. The molecule has 1 fully saturated rings. The van der Waals surface area contributed by atoms with Crippen molar-refractivity contribution in [3.05, 3.63) is 0 Å². The van der Waals surface area contributed by atoms with Crippen molar-refractivity contribution in [2.24, 2.45) is 5.92 Å². The summed E-state index contributed by atoms with van der Waals surface area (Å²) < 4.78 is 31.0. The molecule has 0 saturated heterocycles. The molecule has 0 N–H and O–H groups in total. The highest BCUT2D eigenvalue weighted by Crippen LogP contribution is 2.33. The molecule has 2 unspecified atom stereocenters. The van der Waals surface area contributed by atoms with Crippen molar-refractivity contribution in [1.82, 2.24) is 9.21 Å². The quantitative estimate of drug-likeness (QED) is 0.652. The van der Waals surface area contributed by atoms with Gasteiger partial charge in [0.05, 0.1) is 18.3 Å². The Kier molecular flexibility index (Phi) is 5.76. The van der Waals surface area contributed by atoms with Crippen LogP contribution in [0.4, 0.5) is 0 Å². The average Bonchev–Trinajstić information content (AvgIpc) is 2.84. The van der Waals surface area contributed by atoms with E-state index in [1.807, 2.05) is 19.0 Å². The van der Waals surface area contributed by atoms with Gasteiger partial charge >= 0.3 is 5.97 Å². The minimum absolute atomic E-state index is 0.410. The number of hydrogen-bond acceptors (Lipinski definition) is 5. The third kappa shape index (κ3) is 3.90. The van der Waals surface area contributed by atoms with Gasteiger partial charge in [-0.3, -0.25) is 4.79 Å². The Labute approximate surface area is 115 Å². The first-order chi connectivity index (χ1) is 8.80. The monoisotopic (exact) mass is 292 g/mol. The van der Waals surface area contributed by atoms with Crippen LogP contribution in [-0.4, -0.2) is 70.2 Å². The van der Waals surface area contributed by atoms with E-state index in [2.05, 4.69) is 0 Å². The minimum Gasteiger partial charge on any atom is -0.469 e. The summed E-state index contributed by atoms with van der Waals surface area (Å²) in [6.45, 7) is 1.09. The summed E-state index contributed by atoms with van der Waals surface area (Å²) in [6, 6.07) is 0. The molecule has 2 atom stereocenters. The molecule has 0 amide bonds. The molecule has 0 aliphatic heterocycles. The van der Waals surface area contributed by atoms with Crippen molar-refractivity contribution in [1.29, 1.82) is 0 Å². The van der Waals surface area contributed by atoms with Gasteiger partial charge in [0.1, 0.15) is 0 Å². The van der Waals surface area contributed by atoms with Crippen molar-refractivity contribution in [3.8, 4) is 0 Å². The van der Waals surface area contributed by atoms with Gasteiger partial charge in [0.2, 0.25) is 10.0 Å². The first kappa shape index (κ1) is 16.4. The van der Waals surface area contributed by atoms with Crippen LogP contribution in [0.3, 0.4) is 0 Å². The van der Waals surface area contributed by atoms with Gasteiger partial charge in [0.25, 0.3) is 0 Å². The molecule has 112 valence electrons. The van der Waals surface area contributed by atoms with Gasteiger partial charge in [0, 0.05) is 20.1 Å². The Morgan fingerprint density at radius 2 is 1.84 bits per heavy atom. The van der Waals surface area contributed by atoms with E-state index in [1.165, 1.54) is 11.4 Å². The highest BCUT2D eigenvalue weighted by molar-refractivity contribution is 7.89. The molecule has 1 rings (SSSR count). The van der Waals surface area contributed by atoms with Crippen LogP contribution in [0.5, 0.6) is 0 Å². The molecule has 0 bridgehead atoms. The fraction of sp³-hybridized carbons (Fsp3) is 0.917. The first-order valence-electron chi connectivity index (χ1n) is 6.48. The molecule has 1 aliphatic carbocycles. The molecule has 0 aromatic carbocycles. The molecular formula is C12H24N2O4S. The molecular weight excluding hydrogens is 268 g/mol. The van der Waals surface area contributed by atoms with Crippen LogP contribution in [0.2, 0.25) is 0 Å². The lowest BCUT2D eigenvalue weighted by atomic mass is 10.1. The van der Waals surface area contributed by atoms with Crippen LogP contribution in [0, 0.1) is 5.92 Å². The fourth-order valence-electron chi connectivity index (χ4n) is 2.40. The zero-order chi connectivity index (χ0) is 14.6. The second-order valence-corrected chi connectivity index (χ2v) is 7.53. The fourth-order valence-corrected chi connectivity index (χ4v) is 4.33. The zero-order valence-corrected chi connectivity index (χ0v) is 12.9. The number of hydrogen-bond donors (Lipinski definition) is 0. The largest absolute Gasteiger partial charge is 0.469 e. The predicted molar refractivity (Wildman–Crippen MR) is 73.2 cm³/mol. The van der Waals surface area contributed by atoms with Crippen LogP contribution in [0.25, 0.3) is 0 Å². The van der Waals surface area contributed by atoms with Gasteiger partial charge in [-0.1, -0.05) is 6.42 Å². The SMILES string of the molecule is COC(=O)C1CCCC1S(=O)(=O)N(C)CCN(C)C. The summed E-state index contributed by atoms with van der Waals surface area (Å²) in [6.07, 6.45) is 1.89. The van der Waals surface area contributed by atoms with Crippen LogP contribution < -0.4 is 0 Å². The molecule has 0 spiro atoms. The van der Waals surface area contributed by atoms with Crippen molar-refractivity contribution < 1.29 is 17.9 Å². The number of methoxy groups -OCH3 is 1. The van der Waals surface area contributed by atoms with Crippen LogP contribution >= 0.6 is 0 Å². The Hall–Kier alpha value is -0.660. The molecule has 19 heavy (non-hydrogen) atoms. The Morgan fingerprint density at radius 3 is 2.37 bits per heavy atom. The van der Waals surface area contributed by atoms with Gasteiger partial charge in [-0.05, 0) is 26.9 Å². The van der Waals surface area contributed by atoms with E-state index in [9.17, 15) is 13.2 Å². The lowest BCUT2D eigenvalue weighted by Crippen LogP contribution is -2.42. The molecule has 0 heterocycles. The number of carbonyl (C=O) groups excluding carboxylic acids is 1. The van der Waals surface area contributed by atoms with Crippen LogP contribution in [0.15, 0.2) is 0 Å². The smallest absolute Gasteiger partial charge is 0.310 e. The average molecular weight is 292 g/mol. The normalized spacial score (nSPS) is 24.1. The lowest BCUT2D eigenvalue weighted by Gasteiger charge is -2.25. The number of ether oxygens (including phenoxy) is 1. The van der Waals surface area contributed by atoms with Gasteiger partial charge in [-0.15, -0.1) is 0 Å². The number of esters is 1. The lowest BCUT2D eigenvalue weighted by molar-refractivity contribution is -0.145. The van der Waals surface area contributed by atoms with E-state index >= 15 is 0 Å². The van der Waals surface area contributed by atoms with Gasteiger partial charge in [0.15, 0.2) is 0 Å². The van der Waals surface area contributed by atoms with E-state index in [-0.39, 0.29) is 0 Å². The number of carbonyl (C=O) groups is 1. The van der Waals surface area contributed by atoms with Gasteiger partial charge < -0.3 is 9.64 Å². The van der Waals surface area contributed by atoms with Crippen molar-refractivity contribution >= 4 is 16.0 Å². The maximum atomic E-state index is 12.5. The summed E-state index contributed by atoms with van der Waals surface area (Å²) in [5.74, 6) is -0.927. The standard InChI is InChI=1S/C12H24N2O4S/c1-13(2)8-9-14(3)19(16,17)11-7-5-6-10(11)12(15)18-4/h10-11H,5-9H2,1-4H3. The number of nitrogens with zero attached hydrogens (tertiary/aromatic N) is 2. The van der Waals surface area contributed by atoms with Gasteiger partial charge in [-0.25, -0.2) is 12.7 Å². The van der Waals surface area contributed by atoms with E-state index in [0.29, 0.717) is 25.9 Å². The van der Waals surface area contributed by atoms with Crippen molar-refractivity contribution in [2.75, 3.05) is 41.3 Å². The second kappa shape index (κ2) is 6.67. The molecule has 0 aromatic heterocycles. The third-order valence-corrected chi connectivity index (χ3v) is 6.02. The highest BCUT2D eigenvalue weighted by Gasteiger charge is 2.43. The summed E-state index contributed by atoms with van der Waals surface area (Å²) in [5.41, 5.74) is 0. The molecule has 7 heteroatoms. The zero-order valence-electron chi connectivity index (χ0n) is 12.1. The van der Waals surface area contributed by atoms with Crippen molar-refractivity contribution in [3.63, 3.8) is 0 Å².